The first-order valence-electron chi connectivity index (χ1n) is 2.61. The third kappa shape index (κ3) is 3.91. The van der Waals surface area contributed by atoms with E-state index >= 15 is 0 Å². The molecule has 0 aliphatic carbocycles. The summed E-state index contributed by atoms with van der Waals surface area (Å²) in [5, 5.41) is 0. The molecule has 0 aliphatic heterocycles. The van der Waals surface area contributed by atoms with Crippen LogP contribution in [0.2, 0.25) is 0 Å². The Balaban J connectivity index is 0. The fraction of sp³-hybridized carbons (Fsp3) is 0. The van der Waals surface area contributed by atoms with Gasteiger partial charge in [-0.25, -0.2) is 19.2 Å². The van der Waals surface area contributed by atoms with Gasteiger partial charge in [0, 0.05) is 0 Å². The molecule has 0 aromatic carbocycles. The molecule has 0 saturated heterocycles. The van der Waals surface area contributed by atoms with Crippen LogP contribution in [0.4, 0.5) is 0 Å². The van der Waals surface area contributed by atoms with Crippen molar-refractivity contribution >= 4 is 33.0 Å². The van der Waals surface area contributed by atoms with Crippen molar-refractivity contribution < 1.29 is 24.7 Å². The zero-order chi connectivity index (χ0) is 10.2. The summed E-state index contributed by atoms with van der Waals surface area (Å²) in [5.41, 5.74) is 0. The Kier molecular flexibility index (Phi) is 7.47. The van der Waals surface area contributed by atoms with Gasteiger partial charge in [0.2, 0.25) is 24.3 Å². The summed E-state index contributed by atoms with van der Waals surface area (Å²) >= 11 is 0. The van der Waals surface area contributed by atoms with Gasteiger partial charge in [-0.2, -0.15) is 18.6 Å². The first-order valence-corrected chi connectivity index (χ1v) is 4.39. The number of carbonyl (C=O) groups excluding carboxylic acids is 4. The number of hydrogen-bond donors (Lipinski definition) is 0. The highest BCUT2D eigenvalue weighted by Gasteiger charge is 2.37. The number of rotatable bonds is 4. The second kappa shape index (κ2) is 7.35. The zero-order valence-corrected chi connectivity index (χ0v) is 7.42. The Labute approximate surface area is 77.2 Å². The Morgan fingerprint density at radius 1 is 0.643 bits per heavy atom. The molecule has 0 unspecified atom stereocenters. The van der Waals surface area contributed by atoms with Crippen molar-refractivity contribution in [2.24, 2.45) is 18.6 Å². The van der Waals surface area contributed by atoms with Gasteiger partial charge in [-0.15, -0.1) is 0 Å². The Morgan fingerprint density at radius 3 is 1.00 bits per heavy atom. The van der Waals surface area contributed by atoms with Crippen LogP contribution < -0.4 is 0 Å². The quantitative estimate of drug-likeness (QED) is 0.300. The van der Waals surface area contributed by atoms with Gasteiger partial charge in [-0.1, -0.05) is 0 Å². The minimum atomic E-state index is -3.99. The van der Waals surface area contributed by atoms with E-state index in [9.17, 15) is 19.2 Å². The maximum absolute atomic E-state index is 9.82. The van der Waals surface area contributed by atoms with E-state index in [0.717, 1.165) is 24.3 Å². The van der Waals surface area contributed by atoms with Crippen LogP contribution in [-0.2, 0) is 19.2 Å². The van der Waals surface area contributed by atoms with Crippen molar-refractivity contribution in [1.29, 1.82) is 0 Å². The predicted octanol–water partition coefficient (Wildman–Crippen LogP) is -2.06. The van der Waals surface area contributed by atoms with E-state index in [0.29, 0.717) is 0 Å². The molecular formula is C4H2N4O5Si. The Bertz CT molecular complexity index is 305. The molecule has 14 heavy (non-hydrogen) atoms. The van der Waals surface area contributed by atoms with Gasteiger partial charge < -0.3 is 5.48 Å². The second-order valence-electron chi connectivity index (χ2n) is 1.41. The highest BCUT2D eigenvalue weighted by atomic mass is 28.4. The summed E-state index contributed by atoms with van der Waals surface area (Å²) < 4.78 is 11.5. The molecule has 0 bridgehead atoms. The summed E-state index contributed by atoms with van der Waals surface area (Å²) in [6.45, 7) is 0. The first-order chi connectivity index (χ1) is 6.24. The van der Waals surface area contributed by atoms with Crippen molar-refractivity contribution in [3.8, 4) is 0 Å². The molecule has 0 aromatic heterocycles. The van der Waals surface area contributed by atoms with Crippen molar-refractivity contribution in [1.82, 2.24) is 0 Å². The van der Waals surface area contributed by atoms with Crippen molar-refractivity contribution in [3.63, 3.8) is 0 Å². The predicted molar refractivity (Wildman–Crippen MR) is 41.9 cm³/mol. The molecule has 0 amide bonds. The molecule has 2 N–H and O–H groups in total. The lowest BCUT2D eigenvalue weighted by Crippen LogP contribution is -2.25. The van der Waals surface area contributed by atoms with Gasteiger partial charge in [0.1, 0.15) is 0 Å². The molecule has 0 spiro atoms. The number of isocyanates is 4. The summed E-state index contributed by atoms with van der Waals surface area (Å²) in [7, 11) is -3.99. The average Bonchev–Trinajstić information content (AvgIpc) is 2.06. The molecule has 72 valence electrons. The van der Waals surface area contributed by atoms with Crippen LogP contribution in [0.15, 0.2) is 18.6 Å². The van der Waals surface area contributed by atoms with Gasteiger partial charge >= 0.3 is 8.72 Å². The van der Waals surface area contributed by atoms with Crippen LogP contribution in [0.5, 0.6) is 0 Å². The van der Waals surface area contributed by atoms with Crippen LogP contribution in [0, 0.1) is 0 Å². The molecular weight excluding hydrogens is 212 g/mol. The third-order valence-corrected chi connectivity index (χ3v) is 2.35. The molecule has 0 fully saturated rings. The molecule has 0 rings (SSSR count). The van der Waals surface area contributed by atoms with Crippen molar-refractivity contribution in [3.05, 3.63) is 0 Å². The minimum absolute atomic E-state index is 0. The van der Waals surface area contributed by atoms with E-state index in [2.05, 4.69) is 18.6 Å². The van der Waals surface area contributed by atoms with E-state index in [4.69, 9.17) is 0 Å². The first kappa shape index (κ1) is 14.2. The van der Waals surface area contributed by atoms with Crippen LogP contribution in [0.3, 0.4) is 0 Å². The lowest BCUT2D eigenvalue weighted by Gasteiger charge is -1.97. The minimum Gasteiger partial charge on any atom is -0.412 e. The molecule has 0 saturated carbocycles. The van der Waals surface area contributed by atoms with Crippen molar-refractivity contribution in [2.75, 3.05) is 0 Å². The molecule has 0 radical (unpaired) electrons. The fourth-order valence-corrected chi connectivity index (χ4v) is 1.18. The standard InChI is InChI=1S/C4N4O4Si.H2O/c9-1-5-13(6-2-10,7-3-11)8-4-12;/h;1H2. The third-order valence-electron chi connectivity index (χ3n) is 0.783. The SMILES string of the molecule is O.O=C=N[Si](N=C=O)(N=C=O)N=C=O. The summed E-state index contributed by atoms with van der Waals surface area (Å²) in [6, 6.07) is 0. The van der Waals surface area contributed by atoms with E-state index in [-0.39, 0.29) is 5.48 Å². The Morgan fingerprint density at radius 2 is 0.857 bits per heavy atom. The lowest BCUT2D eigenvalue weighted by molar-refractivity contribution is 0.564. The van der Waals surface area contributed by atoms with Crippen LogP contribution >= 0.6 is 0 Å². The Hall–Kier alpha value is -2.30. The van der Waals surface area contributed by atoms with Crippen LogP contribution in [0.1, 0.15) is 0 Å². The summed E-state index contributed by atoms with van der Waals surface area (Å²) in [4.78, 5) is 39.3. The monoisotopic (exact) mass is 214 g/mol. The molecule has 0 aromatic rings. The maximum Gasteiger partial charge on any atom is 0.620 e. The highest BCUT2D eigenvalue weighted by Crippen LogP contribution is 2.06. The topological polar surface area (TPSA) is 149 Å². The normalized spacial score (nSPS) is 10.9. The second-order valence-corrected chi connectivity index (χ2v) is 3.51. The maximum atomic E-state index is 9.82. The van der Waals surface area contributed by atoms with Gasteiger partial charge in [0.15, 0.2) is 0 Å². The molecule has 0 atom stereocenters. The van der Waals surface area contributed by atoms with Gasteiger partial charge in [0.25, 0.3) is 0 Å². The van der Waals surface area contributed by atoms with Crippen LogP contribution in [-0.4, -0.2) is 38.5 Å². The van der Waals surface area contributed by atoms with Gasteiger partial charge in [-0.05, 0) is 0 Å². The fourth-order valence-electron chi connectivity index (χ4n) is 0.395. The zero-order valence-electron chi connectivity index (χ0n) is 6.42. The van der Waals surface area contributed by atoms with Gasteiger partial charge in [-0.3, -0.25) is 0 Å². The summed E-state index contributed by atoms with van der Waals surface area (Å²) in [5.74, 6) is 0. The van der Waals surface area contributed by atoms with Crippen molar-refractivity contribution in [2.45, 2.75) is 0 Å². The molecule has 0 aliphatic rings. The average molecular weight is 214 g/mol. The highest BCUT2D eigenvalue weighted by molar-refractivity contribution is 6.75. The smallest absolute Gasteiger partial charge is 0.412 e. The van der Waals surface area contributed by atoms with E-state index in [1.165, 1.54) is 0 Å². The number of hydrogen-bond acceptors (Lipinski definition) is 8. The molecule has 10 heteroatoms. The van der Waals surface area contributed by atoms with E-state index < -0.39 is 8.72 Å². The van der Waals surface area contributed by atoms with Crippen LogP contribution in [0.25, 0.3) is 0 Å². The molecule has 0 heterocycles. The largest absolute Gasteiger partial charge is 0.620 e. The lowest BCUT2D eigenvalue weighted by atomic mass is 11.7. The number of nitrogens with zero attached hydrogens (tertiary/aromatic N) is 4. The van der Waals surface area contributed by atoms with E-state index in [1.807, 2.05) is 0 Å². The molecule has 9 nitrogen and oxygen atoms in total. The van der Waals surface area contributed by atoms with Gasteiger partial charge in [0.05, 0.1) is 0 Å². The summed E-state index contributed by atoms with van der Waals surface area (Å²) in [6.07, 6.45) is 3.93. The van der Waals surface area contributed by atoms with E-state index in [1.54, 1.807) is 0 Å².